The molecule has 0 aliphatic heterocycles. The first kappa shape index (κ1) is 14.0. The molecule has 3 atom stereocenters. The maximum absolute atomic E-state index is 11.6. The van der Waals surface area contributed by atoms with E-state index in [0.29, 0.717) is 12.1 Å². The van der Waals surface area contributed by atoms with Crippen molar-refractivity contribution in [2.75, 3.05) is 6.26 Å². The van der Waals surface area contributed by atoms with Crippen LogP contribution >= 0.6 is 11.3 Å². The Bertz CT molecular complexity index is 467. The lowest BCUT2D eigenvalue weighted by Crippen LogP contribution is -2.39. The van der Waals surface area contributed by atoms with E-state index >= 15 is 0 Å². The molecule has 2 rings (SSSR count). The minimum Gasteiger partial charge on any atom is -0.307 e. The van der Waals surface area contributed by atoms with Crippen LogP contribution in [0, 0.1) is 0 Å². The molecular formula is C13H21NO2S2. The van der Waals surface area contributed by atoms with Crippen LogP contribution in [0.25, 0.3) is 0 Å². The molecule has 1 heterocycles. The van der Waals surface area contributed by atoms with Gasteiger partial charge in [0.2, 0.25) is 0 Å². The Balaban J connectivity index is 1.94. The van der Waals surface area contributed by atoms with E-state index in [1.165, 1.54) is 11.1 Å². The second kappa shape index (κ2) is 5.72. The van der Waals surface area contributed by atoms with E-state index in [4.69, 9.17) is 0 Å². The fourth-order valence-electron chi connectivity index (χ4n) is 2.66. The molecule has 0 bridgehead atoms. The van der Waals surface area contributed by atoms with Gasteiger partial charge in [-0.25, -0.2) is 8.42 Å². The highest BCUT2D eigenvalue weighted by Gasteiger charge is 2.29. The zero-order chi connectivity index (χ0) is 13.2. The monoisotopic (exact) mass is 287 g/mol. The number of hydrogen-bond donors (Lipinski definition) is 1. The second-order valence-electron chi connectivity index (χ2n) is 5.22. The summed E-state index contributed by atoms with van der Waals surface area (Å²) in [5.74, 6) is 0. The van der Waals surface area contributed by atoms with Crippen LogP contribution < -0.4 is 5.32 Å². The van der Waals surface area contributed by atoms with E-state index in [1.54, 1.807) is 11.3 Å². The number of rotatable bonds is 4. The first-order chi connectivity index (χ1) is 8.47. The Labute approximate surface area is 114 Å². The van der Waals surface area contributed by atoms with Crippen LogP contribution in [-0.4, -0.2) is 26.0 Å². The van der Waals surface area contributed by atoms with Crippen molar-refractivity contribution in [2.24, 2.45) is 0 Å². The van der Waals surface area contributed by atoms with Crippen LogP contribution in [0.5, 0.6) is 0 Å². The number of hydrogen-bond acceptors (Lipinski definition) is 4. The Morgan fingerprint density at radius 1 is 1.44 bits per heavy atom. The van der Waals surface area contributed by atoms with E-state index in [2.05, 4.69) is 29.8 Å². The summed E-state index contributed by atoms with van der Waals surface area (Å²) in [5.41, 5.74) is 0. The summed E-state index contributed by atoms with van der Waals surface area (Å²) in [4.78, 5) is 1.32. The molecular weight excluding hydrogens is 266 g/mol. The number of sulfone groups is 1. The Morgan fingerprint density at radius 3 is 2.83 bits per heavy atom. The molecule has 0 amide bonds. The normalized spacial score (nSPS) is 27.0. The predicted octanol–water partition coefficient (Wildman–Crippen LogP) is 2.75. The fourth-order valence-corrected chi connectivity index (χ4v) is 4.58. The zero-order valence-corrected chi connectivity index (χ0v) is 12.6. The summed E-state index contributed by atoms with van der Waals surface area (Å²) in [5, 5.41) is 5.49. The van der Waals surface area contributed by atoms with Crippen molar-refractivity contribution in [2.45, 2.75) is 49.9 Å². The molecule has 0 aromatic carbocycles. The van der Waals surface area contributed by atoms with Crippen LogP contribution in [0.4, 0.5) is 0 Å². The third-order valence-corrected chi connectivity index (χ3v) is 6.38. The lowest BCUT2D eigenvalue weighted by Gasteiger charge is -2.30. The summed E-state index contributed by atoms with van der Waals surface area (Å²) in [7, 11) is -2.89. The molecule has 5 heteroatoms. The minimum absolute atomic E-state index is 0.153. The van der Waals surface area contributed by atoms with Gasteiger partial charge < -0.3 is 5.32 Å². The molecule has 0 saturated heterocycles. The van der Waals surface area contributed by atoms with Crippen molar-refractivity contribution in [1.82, 2.24) is 5.32 Å². The van der Waals surface area contributed by atoms with Crippen molar-refractivity contribution < 1.29 is 8.42 Å². The highest BCUT2D eigenvalue weighted by Crippen LogP contribution is 2.27. The molecule has 1 aromatic rings. The summed E-state index contributed by atoms with van der Waals surface area (Å²) in [6, 6.07) is 4.82. The summed E-state index contributed by atoms with van der Waals surface area (Å²) in [6.07, 6.45) is 5.04. The molecule has 18 heavy (non-hydrogen) atoms. The van der Waals surface area contributed by atoms with Gasteiger partial charge in [0.25, 0.3) is 0 Å². The van der Waals surface area contributed by atoms with E-state index in [-0.39, 0.29) is 5.25 Å². The van der Waals surface area contributed by atoms with Crippen molar-refractivity contribution >= 4 is 21.2 Å². The molecule has 3 nitrogen and oxygen atoms in total. The molecule has 102 valence electrons. The van der Waals surface area contributed by atoms with Gasteiger partial charge in [0.15, 0.2) is 0 Å². The topological polar surface area (TPSA) is 46.2 Å². The lowest BCUT2D eigenvalue weighted by molar-refractivity contribution is 0.348. The van der Waals surface area contributed by atoms with E-state index in [1.807, 2.05) is 0 Å². The largest absolute Gasteiger partial charge is 0.307 e. The van der Waals surface area contributed by atoms with E-state index < -0.39 is 9.84 Å². The second-order valence-corrected chi connectivity index (χ2v) is 8.52. The van der Waals surface area contributed by atoms with Crippen LogP contribution in [0.1, 0.15) is 43.5 Å². The quantitative estimate of drug-likeness (QED) is 0.926. The minimum atomic E-state index is -2.89. The third-order valence-electron chi connectivity index (χ3n) is 3.69. The smallest absolute Gasteiger partial charge is 0.150 e. The molecule has 0 radical (unpaired) electrons. The van der Waals surface area contributed by atoms with Gasteiger partial charge in [-0.2, -0.15) is 0 Å². The van der Waals surface area contributed by atoms with Gasteiger partial charge in [0, 0.05) is 23.2 Å². The molecule has 1 fully saturated rings. The van der Waals surface area contributed by atoms with E-state index in [9.17, 15) is 8.42 Å². The SMILES string of the molecule is C[C@H](NC1CCCC(S(C)(=O)=O)C1)c1cccs1. The maximum Gasteiger partial charge on any atom is 0.150 e. The molecule has 0 spiro atoms. The Hall–Kier alpha value is -0.390. The van der Waals surface area contributed by atoms with Crippen LogP contribution in [-0.2, 0) is 9.84 Å². The molecule has 1 aliphatic carbocycles. The zero-order valence-electron chi connectivity index (χ0n) is 10.9. The highest BCUT2D eigenvalue weighted by atomic mass is 32.2. The highest BCUT2D eigenvalue weighted by molar-refractivity contribution is 7.91. The van der Waals surface area contributed by atoms with Crippen LogP contribution in [0.2, 0.25) is 0 Å². The number of nitrogens with one attached hydrogen (secondary N) is 1. The summed E-state index contributed by atoms with van der Waals surface area (Å²) >= 11 is 1.75. The average molecular weight is 287 g/mol. The van der Waals surface area contributed by atoms with Gasteiger partial charge in [-0.1, -0.05) is 12.5 Å². The van der Waals surface area contributed by atoms with Gasteiger partial charge in [-0.15, -0.1) is 11.3 Å². The number of thiophene rings is 1. The van der Waals surface area contributed by atoms with Crippen LogP contribution in [0.3, 0.4) is 0 Å². The first-order valence-corrected chi connectivity index (χ1v) is 9.28. The molecule has 1 aromatic heterocycles. The van der Waals surface area contributed by atoms with E-state index in [0.717, 1.165) is 25.7 Å². The van der Waals surface area contributed by atoms with Gasteiger partial charge in [-0.3, -0.25) is 0 Å². The van der Waals surface area contributed by atoms with Crippen molar-refractivity contribution in [1.29, 1.82) is 0 Å². The average Bonchev–Trinajstić information content (AvgIpc) is 2.81. The maximum atomic E-state index is 11.6. The molecule has 1 aliphatic rings. The Morgan fingerprint density at radius 2 is 2.22 bits per heavy atom. The van der Waals surface area contributed by atoms with Gasteiger partial charge in [-0.05, 0) is 37.6 Å². The summed E-state index contributed by atoms with van der Waals surface area (Å²) < 4.78 is 23.2. The summed E-state index contributed by atoms with van der Waals surface area (Å²) in [6.45, 7) is 2.15. The van der Waals surface area contributed by atoms with Crippen molar-refractivity contribution in [3.05, 3.63) is 22.4 Å². The van der Waals surface area contributed by atoms with Gasteiger partial charge in [0.05, 0.1) is 5.25 Å². The predicted molar refractivity (Wildman–Crippen MR) is 76.8 cm³/mol. The molecule has 1 N–H and O–H groups in total. The van der Waals surface area contributed by atoms with Gasteiger partial charge >= 0.3 is 0 Å². The van der Waals surface area contributed by atoms with Crippen molar-refractivity contribution in [3.63, 3.8) is 0 Å². The molecule has 1 saturated carbocycles. The molecule has 2 unspecified atom stereocenters. The standard InChI is InChI=1S/C13H21NO2S2/c1-10(13-7-4-8-17-13)14-11-5-3-6-12(9-11)18(2,15)16/h4,7-8,10-12,14H,3,5-6,9H2,1-2H3/t10-,11?,12?/m0/s1. The van der Waals surface area contributed by atoms with Crippen LogP contribution in [0.15, 0.2) is 17.5 Å². The Kier molecular flexibility index (Phi) is 4.45. The fraction of sp³-hybridized carbons (Fsp3) is 0.692. The van der Waals surface area contributed by atoms with Gasteiger partial charge in [0.1, 0.15) is 9.84 Å². The lowest BCUT2D eigenvalue weighted by atomic mass is 9.94. The van der Waals surface area contributed by atoms with Crippen molar-refractivity contribution in [3.8, 4) is 0 Å². The third kappa shape index (κ3) is 3.56. The first-order valence-electron chi connectivity index (χ1n) is 6.45.